The number of rotatable bonds is 2. The molecule has 0 unspecified atom stereocenters. The third-order valence-electron chi connectivity index (χ3n) is 2.88. The van der Waals surface area contributed by atoms with Crippen molar-refractivity contribution in [2.45, 2.75) is 0 Å². The zero-order valence-corrected chi connectivity index (χ0v) is 9.89. The Balaban J connectivity index is 2.01. The van der Waals surface area contributed by atoms with Crippen LogP contribution in [0.25, 0.3) is 11.4 Å². The summed E-state index contributed by atoms with van der Waals surface area (Å²) in [7, 11) is 1.73. The fourth-order valence-corrected chi connectivity index (χ4v) is 1.86. The van der Waals surface area contributed by atoms with E-state index in [0.29, 0.717) is 0 Å². The first-order valence-corrected chi connectivity index (χ1v) is 5.58. The molecule has 0 aliphatic heterocycles. The maximum Gasteiger partial charge on any atom is 0.332 e. The SMILES string of the molecule is Cn1ccn(-c2ccc(-n3ccnc3)cc2)c1=O. The van der Waals surface area contributed by atoms with Crippen molar-refractivity contribution in [3.05, 3.63) is 65.9 Å². The van der Waals surface area contributed by atoms with Gasteiger partial charge in [0, 0.05) is 37.5 Å². The van der Waals surface area contributed by atoms with Crippen molar-refractivity contribution in [1.82, 2.24) is 18.7 Å². The first-order valence-electron chi connectivity index (χ1n) is 5.58. The highest BCUT2D eigenvalue weighted by Crippen LogP contribution is 2.11. The Kier molecular flexibility index (Phi) is 2.37. The maximum absolute atomic E-state index is 11.8. The van der Waals surface area contributed by atoms with Crippen molar-refractivity contribution >= 4 is 0 Å². The second-order valence-electron chi connectivity index (χ2n) is 4.05. The molecule has 0 radical (unpaired) electrons. The Morgan fingerprint density at radius 2 is 1.72 bits per heavy atom. The highest BCUT2D eigenvalue weighted by Gasteiger charge is 2.02. The van der Waals surface area contributed by atoms with E-state index >= 15 is 0 Å². The molecule has 0 saturated heterocycles. The van der Waals surface area contributed by atoms with Gasteiger partial charge in [0.15, 0.2) is 0 Å². The van der Waals surface area contributed by atoms with Crippen LogP contribution in [0.5, 0.6) is 0 Å². The van der Waals surface area contributed by atoms with Crippen LogP contribution in [-0.2, 0) is 7.05 Å². The zero-order valence-electron chi connectivity index (χ0n) is 9.89. The molecule has 2 heterocycles. The van der Waals surface area contributed by atoms with Crippen LogP contribution < -0.4 is 5.69 Å². The largest absolute Gasteiger partial charge is 0.332 e. The van der Waals surface area contributed by atoms with Gasteiger partial charge in [-0.1, -0.05) is 0 Å². The predicted molar refractivity (Wildman–Crippen MR) is 68.1 cm³/mol. The molecule has 1 aromatic carbocycles. The minimum absolute atomic E-state index is 0.0506. The standard InChI is InChI=1S/C13H12N4O/c1-15-8-9-17(13(15)18)12-4-2-11(3-5-12)16-7-6-14-10-16/h2-10H,1H3. The summed E-state index contributed by atoms with van der Waals surface area (Å²) in [5, 5.41) is 0. The molecule has 0 aliphatic rings. The van der Waals surface area contributed by atoms with E-state index in [1.165, 1.54) is 0 Å². The van der Waals surface area contributed by atoms with E-state index < -0.39 is 0 Å². The second kappa shape index (κ2) is 4.03. The van der Waals surface area contributed by atoms with Crippen molar-refractivity contribution in [3.8, 4) is 11.4 Å². The molecule has 0 saturated carbocycles. The quantitative estimate of drug-likeness (QED) is 0.679. The monoisotopic (exact) mass is 240 g/mol. The lowest BCUT2D eigenvalue weighted by Crippen LogP contribution is -2.20. The van der Waals surface area contributed by atoms with Crippen molar-refractivity contribution in [2.24, 2.45) is 7.05 Å². The molecule has 2 aromatic heterocycles. The molecular formula is C13H12N4O. The summed E-state index contributed by atoms with van der Waals surface area (Å²) in [6.45, 7) is 0. The van der Waals surface area contributed by atoms with Gasteiger partial charge in [0.05, 0.1) is 12.0 Å². The van der Waals surface area contributed by atoms with E-state index in [1.807, 2.05) is 35.0 Å². The van der Waals surface area contributed by atoms with E-state index in [0.717, 1.165) is 11.4 Å². The normalized spacial score (nSPS) is 10.7. The number of aryl methyl sites for hydroxylation is 1. The van der Waals surface area contributed by atoms with Crippen LogP contribution >= 0.6 is 0 Å². The van der Waals surface area contributed by atoms with Gasteiger partial charge < -0.3 is 9.13 Å². The van der Waals surface area contributed by atoms with Crippen LogP contribution in [0.15, 0.2) is 60.2 Å². The van der Waals surface area contributed by atoms with Gasteiger partial charge in [-0.05, 0) is 24.3 Å². The van der Waals surface area contributed by atoms with Gasteiger partial charge in [-0.2, -0.15) is 0 Å². The molecule has 90 valence electrons. The molecule has 0 atom stereocenters. The van der Waals surface area contributed by atoms with Gasteiger partial charge in [0.25, 0.3) is 0 Å². The van der Waals surface area contributed by atoms with Gasteiger partial charge in [-0.3, -0.25) is 4.57 Å². The minimum atomic E-state index is -0.0506. The van der Waals surface area contributed by atoms with Crippen LogP contribution in [0.2, 0.25) is 0 Å². The smallest absolute Gasteiger partial charge is 0.306 e. The Morgan fingerprint density at radius 1 is 1.00 bits per heavy atom. The van der Waals surface area contributed by atoms with Gasteiger partial charge >= 0.3 is 5.69 Å². The summed E-state index contributed by atoms with van der Waals surface area (Å²) >= 11 is 0. The molecule has 3 rings (SSSR count). The molecule has 0 amide bonds. The van der Waals surface area contributed by atoms with Crippen LogP contribution in [0.3, 0.4) is 0 Å². The summed E-state index contributed by atoms with van der Waals surface area (Å²) in [5.74, 6) is 0. The third kappa shape index (κ3) is 1.66. The summed E-state index contributed by atoms with van der Waals surface area (Å²) in [4.78, 5) is 15.8. The third-order valence-corrected chi connectivity index (χ3v) is 2.88. The number of benzene rings is 1. The number of aromatic nitrogens is 4. The number of nitrogens with zero attached hydrogens (tertiary/aromatic N) is 4. The fraction of sp³-hybridized carbons (Fsp3) is 0.0769. The average molecular weight is 240 g/mol. The Morgan fingerprint density at radius 3 is 2.28 bits per heavy atom. The van der Waals surface area contributed by atoms with Crippen molar-refractivity contribution in [3.63, 3.8) is 0 Å². The van der Waals surface area contributed by atoms with Gasteiger partial charge in [-0.25, -0.2) is 9.78 Å². The van der Waals surface area contributed by atoms with Crippen LogP contribution in [0.1, 0.15) is 0 Å². The highest BCUT2D eigenvalue weighted by atomic mass is 16.1. The highest BCUT2D eigenvalue weighted by molar-refractivity contribution is 5.41. The lowest BCUT2D eigenvalue weighted by Gasteiger charge is -2.04. The Labute approximate surface area is 104 Å². The Bertz CT molecular complexity index is 704. The number of hydrogen-bond donors (Lipinski definition) is 0. The molecule has 0 N–H and O–H groups in total. The molecule has 18 heavy (non-hydrogen) atoms. The van der Waals surface area contributed by atoms with E-state index in [2.05, 4.69) is 4.98 Å². The summed E-state index contributed by atoms with van der Waals surface area (Å²) in [6.07, 6.45) is 8.85. The summed E-state index contributed by atoms with van der Waals surface area (Å²) < 4.78 is 5.07. The zero-order chi connectivity index (χ0) is 12.5. The summed E-state index contributed by atoms with van der Waals surface area (Å²) in [6, 6.07) is 7.74. The Hall–Kier alpha value is -2.56. The van der Waals surface area contributed by atoms with Gasteiger partial charge in [0.2, 0.25) is 0 Å². The molecular weight excluding hydrogens is 228 g/mol. The van der Waals surface area contributed by atoms with Crippen molar-refractivity contribution in [2.75, 3.05) is 0 Å². The topological polar surface area (TPSA) is 44.8 Å². The lowest BCUT2D eigenvalue weighted by molar-refractivity contribution is 0.824. The molecule has 3 aromatic rings. The van der Waals surface area contributed by atoms with E-state index in [9.17, 15) is 4.79 Å². The molecule has 0 fully saturated rings. The van der Waals surface area contributed by atoms with Gasteiger partial charge in [0.1, 0.15) is 0 Å². The second-order valence-corrected chi connectivity index (χ2v) is 4.05. The number of imidazole rings is 2. The lowest BCUT2D eigenvalue weighted by atomic mass is 10.3. The van der Waals surface area contributed by atoms with Gasteiger partial charge in [-0.15, -0.1) is 0 Å². The average Bonchev–Trinajstić information content (AvgIpc) is 3.02. The van der Waals surface area contributed by atoms with Crippen LogP contribution in [0, 0.1) is 0 Å². The molecule has 0 bridgehead atoms. The van der Waals surface area contributed by atoms with E-state index in [1.54, 1.807) is 41.1 Å². The molecule has 5 heteroatoms. The first kappa shape index (κ1) is 10.6. The maximum atomic E-state index is 11.8. The summed E-state index contributed by atoms with van der Waals surface area (Å²) in [5.41, 5.74) is 1.81. The predicted octanol–water partition coefficient (Wildman–Crippen LogP) is 1.36. The molecule has 5 nitrogen and oxygen atoms in total. The van der Waals surface area contributed by atoms with Crippen LogP contribution in [0.4, 0.5) is 0 Å². The van der Waals surface area contributed by atoms with Crippen LogP contribution in [-0.4, -0.2) is 18.7 Å². The fourth-order valence-electron chi connectivity index (χ4n) is 1.86. The molecule has 0 spiro atoms. The number of hydrogen-bond acceptors (Lipinski definition) is 2. The minimum Gasteiger partial charge on any atom is -0.306 e. The van der Waals surface area contributed by atoms with Crippen molar-refractivity contribution < 1.29 is 0 Å². The van der Waals surface area contributed by atoms with Crippen molar-refractivity contribution in [1.29, 1.82) is 0 Å². The van der Waals surface area contributed by atoms with E-state index in [4.69, 9.17) is 0 Å². The molecule has 0 aliphatic carbocycles. The van der Waals surface area contributed by atoms with E-state index in [-0.39, 0.29) is 5.69 Å². The first-order chi connectivity index (χ1) is 8.75.